The van der Waals surface area contributed by atoms with Crippen LogP contribution in [-0.4, -0.2) is 49.4 Å². The van der Waals surface area contributed by atoms with Gasteiger partial charge in [0.1, 0.15) is 11.6 Å². The van der Waals surface area contributed by atoms with Crippen molar-refractivity contribution < 1.29 is 9.47 Å². The molecule has 1 atom stereocenters. The van der Waals surface area contributed by atoms with Crippen LogP contribution >= 0.6 is 0 Å². The normalized spacial score (nSPS) is 20.0. The number of hydrogen-bond donors (Lipinski definition) is 2. The van der Waals surface area contributed by atoms with Crippen molar-refractivity contribution in [2.45, 2.75) is 13.0 Å². The molecule has 1 fully saturated rings. The van der Waals surface area contributed by atoms with E-state index in [0.717, 1.165) is 32.1 Å². The van der Waals surface area contributed by atoms with E-state index in [9.17, 15) is 0 Å². The van der Waals surface area contributed by atoms with E-state index in [4.69, 9.17) is 9.47 Å². The molecule has 1 saturated heterocycles. The van der Waals surface area contributed by atoms with Gasteiger partial charge in [-0.3, -0.25) is 0 Å². The number of nitrogens with one attached hydrogen (secondary N) is 2. The standard InChI is InChI=1S/C11H18N4O2/c1-8-14-10(5-11(15-8)16-2)13-7-9-6-12-3-4-17-9/h5,9,12H,3-4,6-7H2,1-2H3,(H,13,14,15). The van der Waals surface area contributed by atoms with Crippen molar-refractivity contribution in [3.63, 3.8) is 0 Å². The van der Waals surface area contributed by atoms with Crippen LogP contribution in [0.4, 0.5) is 5.82 Å². The Labute approximate surface area is 101 Å². The highest BCUT2D eigenvalue weighted by atomic mass is 16.5. The number of rotatable bonds is 4. The molecule has 0 saturated carbocycles. The Kier molecular flexibility index (Phi) is 4.11. The van der Waals surface area contributed by atoms with Crippen LogP contribution in [0, 0.1) is 6.92 Å². The van der Waals surface area contributed by atoms with Crippen LogP contribution in [0.2, 0.25) is 0 Å². The Morgan fingerprint density at radius 2 is 2.47 bits per heavy atom. The molecule has 0 spiro atoms. The summed E-state index contributed by atoms with van der Waals surface area (Å²) < 4.78 is 10.7. The lowest BCUT2D eigenvalue weighted by atomic mass is 10.3. The van der Waals surface area contributed by atoms with Gasteiger partial charge in [0.05, 0.1) is 19.8 Å². The van der Waals surface area contributed by atoms with E-state index in [-0.39, 0.29) is 6.10 Å². The zero-order valence-electron chi connectivity index (χ0n) is 10.2. The van der Waals surface area contributed by atoms with Crippen LogP contribution in [0.1, 0.15) is 5.82 Å². The molecule has 1 unspecified atom stereocenters. The van der Waals surface area contributed by atoms with Crippen LogP contribution in [0.15, 0.2) is 6.07 Å². The van der Waals surface area contributed by atoms with Crippen LogP contribution in [0.3, 0.4) is 0 Å². The second kappa shape index (κ2) is 5.79. The predicted octanol–water partition coefficient (Wildman–Crippen LogP) is 0.194. The molecular weight excluding hydrogens is 220 g/mol. The Balaban J connectivity index is 1.91. The van der Waals surface area contributed by atoms with Gasteiger partial charge < -0.3 is 20.1 Å². The van der Waals surface area contributed by atoms with Gasteiger partial charge in [-0.05, 0) is 6.92 Å². The van der Waals surface area contributed by atoms with Crippen molar-refractivity contribution in [3.8, 4) is 5.88 Å². The van der Waals surface area contributed by atoms with Crippen molar-refractivity contribution >= 4 is 5.82 Å². The molecule has 0 aliphatic carbocycles. The maximum atomic E-state index is 5.59. The van der Waals surface area contributed by atoms with Gasteiger partial charge in [-0.25, -0.2) is 4.98 Å². The number of ether oxygens (including phenoxy) is 2. The second-order valence-corrected chi connectivity index (χ2v) is 3.92. The first-order chi connectivity index (χ1) is 8.28. The van der Waals surface area contributed by atoms with Crippen LogP contribution in [-0.2, 0) is 4.74 Å². The first-order valence-electron chi connectivity index (χ1n) is 5.74. The lowest BCUT2D eigenvalue weighted by molar-refractivity contribution is 0.0372. The largest absolute Gasteiger partial charge is 0.481 e. The van der Waals surface area contributed by atoms with Gasteiger partial charge >= 0.3 is 0 Å². The molecule has 6 nitrogen and oxygen atoms in total. The van der Waals surface area contributed by atoms with Gasteiger partial charge in [0, 0.05) is 25.7 Å². The van der Waals surface area contributed by atoms with Gasteiger partial charge in [-0.15, -0.1) is 0 Å². The summed E-state index contributed by atoms with van der Waals surface area (Å²) in [5.74, 6) is 2.03. The summed E-state index contributed by atoms with van der Waals surface area (Å²) in [7, 11) is 1.60. The average Bonchev–Trinajstić information content (AvgIpc) is 2.37. The maximum absolute atomic E-state index is 5.59. The van der Waals surface area contributed by atoms with Crippen molar-refractivity contribution in [2.75, 3.05) is 38.7 Å². The van der Waals surface area contributed by atoms with E-state index in [1.807, 2.05) is 6.92 Å². The number of aryl methyl sites for hydroxylation is 1. The molecule has 17 heavy (non-hydrogen) atoms. The molecule has 2 N–H and O–H groups in total. The monoisotopic (exact) mass is 238 g/mol. The number of methoxy groups -OCH3 is 1. The van der Waals surface area contributed by atoms with Gasteiger partial charge in [0.25, 0.3) is 0 Å². The summed E-state index contributed by atoms with van der Waals surface area (Å²) in [5.41, 5.74) is 0. The Bertz CT molecular complexity index is 366. The highest BCUT2D eigenvalue weighted by Crippen LogP contribution is 2.12. The first-order valence-corrected chi connectivity index (χ1v) is 5.74. The summed E-state index contributed by atoms with van der Waals surface area (Å²) in [6.45, 7) is 5.13. The topological polar surface area (TPSA) is 68.3 Å². The molecule has 1 aromatic rings. The summed E-state index contributed by atoms with van der Waals surface area (Å²) in [6, 6.07) is 1.78. The highest BCUT2D eigenvalue weighted by molar-refractivity contribution is 5.38. The lowest BCUT2D eigenvalue weighted by Gasteiger charge is -2.24. The minimum Gasteiger partial charge on any atom is -0.481 e. The van der Waals surface area contributed by atoms with Crippen LogP contribution < -0.4 is 15.4 Å². The number of morpholine rings is 1. The van der Waals surface area contributed by atoms with Crippen molar-refractivity contribution in [1.29, 1.82) is 0 Å². The smallest absolute Gasteiger partial charge is 0.218 e. The minimum atomic E-state index is 0.185. The average molecular weight is 238 g/mol. The Morgan fingerprint density at radius 1 is 1.59 bits per heavy atom. The lowest BCUT2D eigenvalue weighted by Crippen LogP contribution is -2.42. The van der Waals surface area contributed by atoms with E-state index in [1.54, 1.807) is 13.2 Å². The quantitative estimate of drug-likeness (QED) is 0.780. The van der Waals surface area contributed by atoms with Crippen molar-refractivity contribution in [1.82, 2.24) is 15.3 Å². The van der Waals surface area contributed by atoms with E-state index in [2.05, 4.69) is 20.6 Å². The fourth-order valence-corrected chi connectivity index (χ4v) is 1.70. The molecule has 0 aromatic carbocycles. The van der Waals surface area contributed by atoms with E-state index in [0.29, 0.717) is 11.7 Å². The molecule has 1 aromatic heterocycles. The molecule has 1 aliphatic rings. The summed E-state index contributed by atoms with van der Waals surface area (Å²) in [5, 5.41) is 6.52. The third-order valence-electron chi connectivity index (χ3n) is 2.54. The van der Waals surface area contributed by atoms with E-state index in [1.165, 1.54) is 0 Å². The zero-order valence-corrected chi connectivity index (χ0v) is 10.2. The molecule has 94 valence electrons. The number of aromatic nitrogens is 2. The van der Waals surface area contributed by atoms with Gasteiger partial charge in [0.15, 0.2) is 0 Å². The van der Waals surface area contributed by atoms with Crippen molar-refractivity contribution in [3.05, 3.63) is 11.9 Å². The highest BCUT2D eigenvalue weighted by Gasteiger charge is 2.13. The Hall–Kier alpha value is -1.40. The molecule has 2 heterocycles. The van der Waals surface area contributed by atoms with E-state index < -0.39 is 0 Å². The van der Waals surface area contributed by atoms with Crippen LogP contribution in [0.25, 0.3) is 0 Å². The molecule has 2 rings (SSSR count). The SMILES string of the molecule is COc1cc(NCC2CNCCO2)nc(C)n1. The van der Waals surface area contributed by atoms with Gasteiger partial charge in [-0.1, -0.05) is 0 Å². The molecule has 0 bridgehead atoms. The van der Waals surface area contributed by atoms with E-state index >= 15 is 0 Å². The van der Waals surface area contributed by atoms with Gasteiger partial charge in [-0.2, -0.15) is 4.98 Å². The molecule has 1 aliphatic heterocycles. The third-order valence-corrected chi connectivity index (χ3v) is 2.54. The Morgan fingerprint density at radius 3 is 3.18 bits per heavy atom. The predicted molar refractivity (Wildman–Crippen MR) is 64.4 cm³/mol. The third kappa shape index (κ3) is 3.54. The van der Waals surface area contributed by atoms with Crippen LogP contribution in [0.5, 0.6) is 5.88 Å². The fourth-order valence-electron chi connectivity index (χ4n) is 1.70. The summed E-state index contributed by atoms with van der Waals surface area (Å²) in [4.78, 5) is 8.42. The summed E-state index contributed by atoms with van der Waals surface area (Å²) >= 11 is 0. The number of hydrogen-bond acceptors (Lipinski definition) is 6. The zero-order chi connectivity index (χ0) is 12.1. The van der Waals surface area contributed by atoms with Gasteiger partial charge in [0.2, 0.25) is 5.88 Å². The minimum absolute atomic E-state index is 0.185. The maximum Gasteiger partial charge on any atom is 0.218 e. The summed E-state index contributed by atoms with van der Waals surface area (Å²) in [6.07, 6.45) is 0.185. The van der Waals surface area contributed by atoms with Crippen molar-refractivity contribution in [2.24, 2.45) is 0 Å². The molecule has 0 amide bonds. The first kappa shape index (κ1) is 12.1. The second-order valence-electron chi connectivity index (χ2n) is 3.92. The number of nitrogens with zero attached hydrogens (tertiary/aromatic N) is 2. The number of anilines is 1. The molecule has 0 radical (unpaired) electrons. The molecular formula is C11H18N4O2. The fraction of sp³-hybridized carbons (Fsp3) is 0.636. The molecule has 6 heteroatoms.